The first-order chi connectivity index (χ1) is 13.3. The van der Waals surface area contributed by atoms with Gasteiger partial charge in [0.2, 0.25) is 0 Å². The van der Waals surface area contributed by atoms with E-state index in [2.05, 4.69) is 33.5 Å². The van der Waals surface area contributed by atoms with Gasteiger partial charge in [-0.25, -0.2) is 4.98 Å². The van der Waals surface area contributed by atoms with Crippen molar-refractivity contribution in [1.82, 2.24) is 10.3 Å². The molecule has 1 heterocycles. The maximum absolute atomic E-state index is 12.5. The van der Waals surface area contributed by atoms with Gasteiger partial charge in [-0.05, 0) is 56.4 Å². The molecule has 8 heteroatoms. The van der Waals surface area contributed by atoms with Gasteiger partial charge in [0.05, 0.1) is 0 Å². The zero-order valence-electron chi connectivity index (χ0n) is 16.8. The average molecular weight is 458 g/mol. The fourth-order valence-electron chi connectivity index (χ4n) is 3.62. The van der Waals surface area contributed by atoms with Crippen LogP contribution in [0.15, 0.2) is 30.5 Å². The third kappa shape index (κ3) is 6.39. The highest BCUT2D eigenvalue weighted by Crippen LogP contribution is 2.25. The molecule has 0 atom stereocenters. The molecule has 1 aromatic carbocycles. The third-order valence-corrected chi connectivity index (χ3v) is 5.53. The van der Waals surface area contributed by atoms with E-state index in [1.54, 1.807) is 18.2 Å². The van der Waals surface area contributed by atoms with Crippen molar-refractivity contribution >= 4 is 53.0 Å². The molecule has 2 N–H and O–H groups in total. The summed E-state index contributed by atoms with van der Waals surface area (Å²) in [6.07, 6.45) is 5.70. The second-order valence-corrected chi connectivity index (χ2v) is 8.45. The molecule has 1 aliphatic rings. The van der Waals surface area contributed by atoms with E-state index in [9.17, 15) is 4.79 Å². The minimum atomic E-state index is -0.128. The Morgan fingerprint density at radius 3 is 2.21 bits per heavy atom. The van der Waals surface area contributed by atoms with E-state index >= 15 is 0 Å². The zero-order chi connectivity index (χ0) is 20.3. The normalized spacial score (nSPS) is 18.5. The van der Waals surface area contributed by atoms with Crippen molar-refractivity contribution in [3.8, 4) is 0 Å². The lowest BCUT2D eigenvalue weighted by atomic mass is 9.91. The predicted octanol–water partition coefficient (Wildman–Crippen LogP) is 5.34. The first kappa shape index (κ1) is 23.6. The van der Waals surface area contributed by atoms with Crippen LogP contribution in [-0.2, 0) is 0 Å². The van der Waals surface area contributed by atoms with E-state index in [1.165, 1.54) is 5.69 Å². The number of hydrogen-bond acceptors (Lipinski definition) is 4. The standard InChI is InChI=1S/C21H26Cl2N4O.ClH/c1-13-12-24-20(11-19(13)27(2)3)25-17-4-6-18(7-5-17)26-21(28)14-8-15(22)10-16(23)9-14;/h8-12,17-18H,4-7H2,1-3H3,(H,24,25)(H,26,28);1H. The van der Waals surface area contributed by atoms with Gasteiger partial charge < -0.3 is 15.5 Å². The van der Waals surface area contributed by atoms with Crippen LogP contribution in [0, 0.1) is 6.92 Å². The Kier molecular flexibility index (Phi) is 8.44. The summed E-state index contributed by atoms with van der Waals surface area (Å²) in [4.78, 5) is 19.1. The molecule has 1 aromatic heterocycles. The second-order valence-electron chi connectivity index (χ2n) is 7.57. The minimum Gasteiger partial charge on any atom is -0.377 e. The lowest BCUT2D eigenvalue weighted by molar-refractivity contribution is 0.0926. The number of carbonyl (C=O) groups excluding carboxylic acids is 1. The van der Waals surface area contributed by atoms with Crippen molar-refractivity contribution in [1.29, 1.82) is 0 Å². The maximum Gasteiger partial charge on any atom is 0.251 e. The molecule has 1 amide bonds. The summed E-state index contributed by atoms with van der Waals surface area (Å²) in [5.41, 5.74) is 2.82. The van der Waals surface area contributed by atoms with E-state index in [4.69, 9.17) is 23.2 Å². The Morgan fingerprint density at radius 1 is 1.03 bits per heavy atom. The van der Waals surface area contributed by atoms with Gasteiger partial charge in [-0.2, -0.15) is 0 Å². The SMILES string of the molecule is Cc1cnc(NC2CCC(NC(=O)c3cc(Cl)cc(Cl)c3)CC2)cc1N(C)C.Cl. The molecule has 1 saturated carbocycles. The lowest BCUT2D eigenvalue weighted by Gasteiger charge is -2.30. The van der Waals surface area contributed by atoms with Gasteiger partial charge in [-0.15, -0.1) is 12.4 Å². The summed E-state index contributed by atoms with van der Waals surface area (Å²) in [5, 5.41) is 7.57. The Balaban J connectivity index is 0.00000300. The molecule has 3 rings (SSSR count). The zero-order valence-corrected chi connectivity index (χ0v) is 19.2. The van der Waals surface area contributed by atoms with Crippen LogP contribution in [0.3, 0.4) is 0 Å². The molecular weight excluding hydrogens is 431 g/mol. The number of nitrogens with one attached hydrogen (secondary N) is 2. The van der Waals surface area contributed by atoms with Crippen LogP contribution in [0.4, 0.5) is 11.5 Å². The van der Waals surface area contributed by atoms with Crippen LogP contribution in [0.5, 0.6) is 0 Å². The first-order valence-electron chi connectivity index (χ1n) is 9.49. The van der Waals surface area contributed by atoms with Crippen LogP contribution in [0.25, 0.3) is 0 Å². The van der Waals surface area contributed by atoms with Gasteiger partial charge in [0, 0.05) is 59.7 Å². The molecule has 0 bridgehead atoms. The van der Waals surface area contributed by atoms with Crippen molar-refractivity contribution < 1.29 is 4.79 Å². The molecule has 1 fully saturated rings. The fraction of sp³-hybridized carbons (Fsp3) is 0.429. The van der Waals surface area contributed by atoms with Gasteiger partial charge in [0.15, 0.2) is 0 Å². The van der Waals surface area contributed by atoms with E-state index in [0.717, 1.165) is 37.1 Å². The average Bonchev–Trinajstić information content (AvgIpc) is 2.64. The number of benzene rings is 1. The smallest absolute Gasteiger partial charge is 0.251 e. The van der Waals surface area contributed by atoms with Crippen LogP contribution >= 0.6 is 35.6 Å². The number of hydrogen-bond donors (Lipinski definition) is 2. The van der Waals surface area contributed by atoms with Crippen molar-refractivity contribution in [2.45, 2.75) is 44.7 Å². The van der Waals surface area contributed by atoms with Crippen LogP contribution in [0.2, 0.25) is 10.0 Å². The minimum absolute atomic E-state index is 0. The van der Waals surface area contributed by atoms with Crippen molar-refractivity contribution in [3.63, 3.8) is 0 Å². The van der Waals surface area contributed by atoms with Crippen molar-refractivity contribution in [2.24, 2.45) is 0 Å². The lowest BCUT2D eigenvalue weighted by Crippen LogP contribution is -2.40. The molecule has 5 nitrogen and oxygen atoms in total. The maximum atomic E-state index is 12.5. The molecule has 2 aromatic rings. The first-order valence-corrected chi connectivity index (χ1v) is 10.2. The predicted molar refractivity (Wildman–Crippen MR) is 124 cm³/mol. The molecule has 0 unspecified atom stereocenters. The number of rotatable bonds is 5. The largest absolute Gasteiger partial charge is 0.377 e. The highest BCUT2D eigenvalue weighted by Gasteiger charge is 2.23. The van der Waals surface area contributed by atoms with E-state index in [1.807, 2.05) is 20.3 Å². The number of nitrogens with zero attached hydrogens (tertiary/aromatic N) is 2. The van der Waals surface area contributed by atoms with E-state index in [0.29, 0.717) is 21.7 Å². The van der Waals surface area contributed by atoms with Crippen LogP contribution < -0.4 is 15.5 Å². The van der Waals surface area contributed by atoms with Gasteiger partial charge in [0.1, 0.15) is 5.82 Å². The third-order valence-electron chi connectivity index (χ3n) is 5.10. The number of anilines is 2. The molecule has 0 radical (unpaired) electrons. The van der Waals surface area contributed by atoms with Gasteiger partial charge in [-0.1, -0.05) is 23.2 Å². The second kappa shape index (κ2) is 10.4. The Labute approximate surface area is 188 Å². The Morgan fingerprint density at radius 2 is 1.62 bits per heavy atom. The Bertz CT molecular complexity index is 832. The molecule has 29 heavy (non-hydrogen) atoms. The highest BCUT2D eigenvalue weighted by molar-refractivity contribution is 6.35. The Hall–Kier alpha value is -1.69. The molecular formula is C21H27Cl3N4O. The molecule has 0 saturated heterocycles. The van der Waals surface area contributed by atoms with Crippen molar-refractivity contribution in [3.05, 3.63) is 51.6 Å². The molecule has 0 aliphatic heterocycles. The van der Waals surface area contributed by atoms with Crippen molar-refractivity contribution in [2.75, 3.05) is 24.3 Å². The quantitative estimate of drug-likeness (QED) is 0.636. The van der Waals surface area contributed by atoms with Gasteiger partial charge in [0.25, 0.3) is 5.91 Å². The molecule has 158 valence electrons. The number of amides is 1. The summed E-state index contributed by atoms with van der Waals surface area (Å²) >= 11 is 12.0. The van der Waals surface area contributed by atoms with Crippen LogP contribution in [-0.4, -0.2) is 37.1 Å². The van der Waals surface area contributed by atoms with Crippen LogP contribution in [0.1, 0.15) is 41.6 Å². The fourth-order valence-corrected chi connectivity index (χ4v) is 4.14. The topological polar surface area (TPSA) is 57.3 Å². The van der Waals surface area contributed by atoms with E-state index in [-0.39, 0.29) is 24.4 Å². The summed E-state index contributed by atoms with van der Waals surface area (Å²) in [7, 11) is 4.07. The monoisotopic (exact) mass is 456 g/mol. The molecule has 0 spiro atoms. The number of halogens is 3. The summed E-state index contributed by atoms with van der Waals surface area (Å²) < 4.78 is 0. The summed E-state index contributed by atoms with van der Waals surface area (Å²) in [6, 6.07) is 7.51. The molecule has 1 aliphatic carbocycles. The van der Waals surface area contributed by atoms with Gasteiger partial charge in [-0.3, -0.25) is 4.79 Å². The number of pyridine rings is 1. The summed E-state index contributed by atoms with van der Waals surface area (Å²) in [6.45, 7) is 2.06. The van der Waals surface area contributed by atoms with Gasteiger partial charge >= 0.3 is 0 Å². The summed E-state index contributed by atoms with van der Waals surface area (Å²) in [5.74, 6) is 0.770. The number of aromatic nitrogens is 1. The van der Waals surface area contributed by atoms with E-state index < -0.39 is 0 Å². The number of aryl methyl sites for hydroxylation is 1. The number of carbonyl (C=O) groups is 1. The highest BCUT2D eigenvalue weighted by atomic mass is 35.5.